The lowest BCUT2D eigenvalue weighted by molar-refractivity contribution is -0.121. The van der Waals surface area contributed by atoms with Crippen LogP contribution in [0.1, 0.15) is 78.1 Å². The molecule has 0 aromatic rings. The van der Waals surface area contributed by atoms with E-state index < -0.39 is 0 Å². The first-order valence-electron chi connectivity index (χ1n) is 8.58. The van der Waals surface area contributed by atoms with Gasteiger partial charge in [0.25, 0.3) is 0 Å². The van der Waals surface area contributed by atoms with E-state index in [0.29, 0.717) is 12.0 Å². The van der Waals surface area contributed by atoms with Crippen LogP contribution in [0.2, 0.25) is 0 Å². The van der Waals surface area contributed by atoms with E-state index in [-0.39, 0.29) is 22.9 Å². The number of allylic oxidation sites excluding steroid dienone is 4. The van der Waals surface area contributed by atoms with Gasteiger partial charge in [0.15, 0.2) is 17.3 Å². The summed E-state index contributed by atoms with van der Waals surface area (Å²) in [6.45, 7) is 3.81. The number of carbonyl (C=O) groups is 3. The van der Waals surface area contributed by atoms with Crippen molar-refractivity contribution in [2.45, 2.75) is 78.1 Å². The number of hydrogen-bond acceptors (Lipinski definition) is 3. The van der Waals surface area contributed by atoms with Gasteiger partial charge < -0.3 is 0 Å². The maximum Gasteiger partial charge on any atom is 0.189 e. The molecular formula is C19H28O3. The van der Waals surface area contributed by atoms with Gasteiger partial charge in [-0.3, -0.25) is 14.4 Å². The van der Waals surface area contributed by atoms with E-state index in [1.165, 1.54) is 50.7 Å². The van der Waals surface area contributed by atoms with Gasteiger partial charge in [-0.1, -0.05) is 58.3 Å². The lowest BCUT2D eigenvalue weighted by Crippen LogP contribution is -2.18. The predicted octanol–water partition coefficient (Wildman–Crippen LogP) is 4.50. The minimum Gasteiger partial charge on any atom is -0.294 e. The molecule has 0 atom stereocenters. The van der Waals surface area contributed by atoms with Crippen molar-refractivity contribution in [2.24, 2.45) is 0 Å². The van der Waals surface area contributed by atoms with Gasteiger partial charge in [0.1, 0.15) is 0 Å². The van der Waals surface area contributed by atoms with Crippen molar-refractivity contribution in [3.63, 3.8) is 0 Å². The zero-order chi connectivity index (χ0) is 16.4. The van der Waals surface area contributed by atoms with Crippen LogP contribution < -0.4 is 0 Å². The largest absolute Gasteiger partial charge is 0.294 e. The topological polar surface area (TPSA) is 51.2 Å². The summed E-state index contributed by atoms with van der Waals surface area (Å²) in [6.07, 6.45) is 13.5. The lowest BCUT2D eigenvalue weighted by atomic mass is 9.93. The first kappa shape index (κ1) is 18.5. The third kappa shape index (κ3) is 6.50. The molecule has 1 aliphatic rings. The molecule has 0 aromatic heterocycles. The predicted molar refractivity (Wildman–Crippen MR) is 88.7 cm³/mol. The van der Waals surface area contributed by atoms with Gasteiger partial charge in [-0.2, -0.15) is 0 Å². The third-order valence-electron chi connectivity index (χ3n) is 4.08. The van der Waals surface area contributed by atoms with E-state index in [9.17, 15) is 14.4 Å². The molecule has 0 heterocycles. The quantitative estimate of drug-likeness (QED) is 0.321. The van der Waals surface area contributed by atoms with Gasteiger partial charge in [0.05, 0.1) is 5.57 Å². The highest BCUT2D eigenvalue weighted by Gasteiger charge is 2.22. The number of unbranched alkanes of at least 4 members (excludes halogenated alkanes) is 8. The van der Waals surface area contributed by atoms with E-state index in [1.54, 1.807) is 6.92 Å². The first-order chi connectivity index (χ1) is 10.6. The van der Waals surface area contributed by atoms with E-state index in [0.717, 1.165) is 19.3 Å². The molecule has 0 saturated heterocycles. The molecule has 0 unspecified atom stereocenters. The van der Waals surface area contributed by atoms with Gasteiger partial charge in [0, 0.05) is 18.1 Å². The minimum atomic E-state index is -0.321. The Bertz CT molecular complexity index is 469. The molecule has 0 aromatic carbocycles. The Morgan fingerprint density at radius 2 is 1.36 bits per heavy atom. The van der Waals surface area contributed by atoms with Gasteiger partial charge in [0.2, 0.25) is 0 Å². The summed E-state index contributed by atoms with van der Waals surface area (Å²) in [5.74, 6) is -0.738. The fourth-order valence-electron chi connectivity index (χ4n) is 2.61. The van der Waals surface area contributed by atoms with Crippen LogP contribution in [0.15, 0.2) is 23.3 Å². The van der Waals surface area contributed by atoms with Crippen molar-refractivity contribution in [2.75, 3.05) is 0 Å². The van der Waals surface area contributed by atoms with Gasteiger partial charge >= 0.3 is 0 Å². The fraction of sp³-hybridized carbons (Fsp3) is 0.632. The highest BCUT2D eigenvalue weighted by Crippen LogP contribution is 2.16. The van der Waals surface area contributed by atoms with Gasteiger partial charge in [-0.15, -0.1) is 0 Å². The van der Waals surface area contributed by atoms with Crippen molar-refractivity contribution >= 4 is 17.3 Å². The number of hydrogen-bond donors (Lipinski definition) is 0. The zero-order valence-electron chi connectivity index (χ0n) is 14.0. The SMILES string of the molecule is CCCCCCCCCCCC(=O)C1=CC(=O)C(C)=CC1=O. The monoisotopic (exact) mass is 304 g/mol. The zero-order valence-corrected chi connectivity index (χ0v) is 14.0. The van der Waals surface area contributed by atoms with Crippen LogP contribution in [0.4, 0.5) is 0 Å². The van der Waals surface area contributed by atoms with Gasteiger partial charge in [-0.25, -0.2) is 0 Å². The molecule has 0 bridgehead atoms. The van der Waals surface area contributed by atoms with Crippen molar-refractivity contribution in [1.82, 2.24) is 0 Å². The Labute approximate surface area is 133 Å². The molecule has 0 saturated carbocycles. The highest BCUT2D eigenvalue weighted by molar-refractivity contribution is 6.31. The molecule has 1 rings (SSSR count). The molecule has 3 nitrogen and oxygen atoms in total. The van der Waals surface area contributed by atoms with E-state index in [1.807, 2.05) is 0 Å². The van der Waals surface area contributed by atoms with Crippen LogP contribution in [0.3, 0.4) is 0 Å². The molecule has 0 spiro atoms. The second-order valence-electron chi connectivity index (χ2n) is 6.12. The number of carbonyl (C=O) groups excluding carboxylic acids is 3. The Kier molecular flexibility index (Phi) is 8.64. The Hall–Kier alpha value is -1.51. The average Bonchev–Trinajstić information content (AvgIpc) is 2.49. The molecule has 0 N–H and O–H groups in total. The van der Waals surface area contributed by atoms with Crippen LogP contribution in [0, 0.1) is 0 Å². The molecule has 0 radical (unpaired) electrons. The summed E-state index contributed by atoms with van der Waals surface area (Å²) in [6, 6.07) is 0. The molecule has 22 heavy (non-hydrogen) atoms. The standard InChI is InChI=1S/C19H28O3/c1-3-4-5-6-7-8-9-10-11-12-17(20)16-14-18(21)15(2)13-19(16)22/h13-14H,3-12H2,1-2H3. The summed E-state index contributed by atoms with van der Waals surface area (Å²) in [5.41, 5.74) is 0.472. The summed E-state index contributed by atoms with van der Waals surface area (Å²) in [4.78, 5) is 35.3. The van der Waals surface area contributed by atoms with Crippen LogP contribution >= 0.6 is 0 Å². The number of Topliss-reactive ketones (excluding diaryl/α,β-unsaturated/α-hetero) is 1. The third-order valence-corrected chi connectivity index (χ3v) is 4.08. The summed E-state index contributed by atoms with van der Waals surface area (Å²) < 4.78 is 0. The molecule has 3 heteroatoms. The van der Waals surface area contributed by atoms with Crippen LogP contribution in [-0.2, 0) is 14.4 Å². The smallest absolute Gasteiger partial charge is 0.189 e. The molecule has 0 amide bonds. The maximum absolute atomic E-state index is 12.0. The van der Waals surface area contributed by atoms with E-state index in [4.69, 9.17) is 0 Å². The van der Waals surface area contributed by atoms with E-state index in [2.05, 4.69) is 6.92 Å². The second-order valence-corrected chi connectivity index (χ2v) is 6.12. The maximum atomic E-state index is 12.0. The minimum absolute atomic E-state index is 0.0650. The summed E-state index contributed by atoms with van der Waals surface area (Å²) >= 11 is 0. The lowest BCUT2D eigenvalue weighted by Gasteiger charge is -2.08. The van der Waals surface area contributed by atoms with Crippen LogP contribution in [0.5, 0.6) is 0 Å². The second kappa shape index (κ2) is 10.3. The summed E-state index contributed by atoms with van der Waals surface area (Å²) in [7, 11) is 0. The average molecular weight is 304 g/mol. The number of rotatable bonds is 11. The van der Waals surface area contributed by atoms with Gasteiger partial charge in [-0.05, 0) is 19.4 Å². The highest BCUT2D eigenvalue weighted by atomic mass is 16.2. The molecule has 122 valence electrons. The van der Waals surface area contributed by atoms with Crippen molar-refractivity contribution < 1.29 is 14.4 Å². The van der Waals surface area contributed by atoms with Crippen molar-refractivity contribution in [1.29, 1.82) is 0 Å². The molecule has 0 fully saturated rings. The van der Waals surface area contributed by atoms with Crippen LogP contribution in [0.25, 0.3) is 0 Å². The fourth-order valence-corrected chi connectivity index (χ4v) is 2.61. The number of ketones is 3. The Balaban J connectivity index is 2.15. The molecule has 1 aliphatic carbocycles. The normalized spacial score (nSPS) is 14.8. The molecule has 0 aliphatic heterocycles. The molecular weight excluding hydrogens is 276 g/mol. The Morgan fingerprint density at radius 1 is 0.818 bits per heavy atom. The van der Waals surface area contributed by atoms with Crippen molar-refractivity contribution in [3.05, 3.63) is 23.3 Å². The summed E-state index contributed by atoms with van der Waals surface area (Å²) in [5, 5.41) is 0. The van der Waals surface area contributed by atoms with E-state index >= 15 is 0 Å². The Morgan fingerprint density at radius 3 is 1.95 bits per heavy atom. The first-order valence-corrected chi connectivity index (χ1v) is 8.58. The van der Waals surface area contributed by atoms with Crippen molar-refractivity contribution in [3.8, 4) is 0 Å². The van der Waals surface area contributed by atoms with Crippen LogP contribution in [-0.4, -0.2) is 17.3 Å².